The van der Waals surface area contributed by atoms with Crippen LogP contribution in [-0.2, 0) is 9.47 Å². The molecule has 0 N–H and O–H groups in total. The number of amides is 1. The second-order valence-electron chi connectivity index (χ2n) is 8.71. The first-order valence-electron chi connectivity index (χ1n) is 10.1. The number of aryl methyl sites for hydroxylation is 2. The fraction of sp³-hybridized carbons (Fsp3) is 0.682. The second kappa shape index (κ2) is 7.32. The molecule has 4 nitrogen and oxygen atoms in total. The summed E-state index contributed by atoms with van der Waals surface area (Å²) in [4.78, 5) is 14.8. The van der Waals surface area contributed by atoms with Gasteiger partial charge < -0.3 is 14.4 Å². The van der Waals surface area contributed by atoms with Gasteiger partial charge in [-0.15, -0.1) is 0 Å². The van der Waals surface area contributed by atoms with Crippen molar-refractivity contribution in [2.24, 2.45) is 11.3 Å². The number of benzene rings is 1. The van der Waals surface area contributed by atoms with E-state index in [4.69, 9.17) is 9.47 Å². The fourth-order valence-corrected chi connectivity index (χ4v) is 4.24. The van der Waals surface area contributed by atoms with Gasteiger partial charge in [0, 0.05) is 25.3 Å². The number of likely N-dealkylation sites (tertiary alicyclic amines) is 1. The SMILES string of the molecule is Cc1ccc(C(=O)N2CCC3(CC2)CO[C@@H](COCC2CC2)C3)cc1C. The molecule has 0 aromatic heterocycles. The van der Waals surface area contributed by atoms with Crippen molar-refractivity contribution in [2.75, 3.05) is 32.9 Å². The number of hydrogen-bond donors (Lipinski definition) is 0. The average molecular weight is 357 g/mol. The van der Waals surface area contributed by atoms with Gasteiger partial charge in [0.25, 0.3) is 5.91 Å². The molecule has 1 aliphatic carbocycles. The molecule has 142 valence electrons. The van der Waals surface area contributed by atoms with E-state index in [1.165, 1.54) is 24.0 Å². The summed E-state index contributed by atoms with van der Waals surface area (Å²) in [6, 6.07) is 6.03. The molecule has 1 saturated carbocycles. The zero-order valence-electron chi connectivity index (χ0n) is 16.1. The summed E-state index contributed by atoms with van der Waals surface area (Å²) in [6.07, 6.45) is 6.09. The van der Waals surface area contributed by atoms with Gasteiger partial charge in [0.2, 0.25) is 0 Å². The summed E-state index contributed by atoms with van der Waals surface area (Å²) >= 11 is 0. The minimum Gasteiger partial charge on any atom is -0.378 e. The number of carbonyl (C=O) groups excluding carboxylic acids is 1. The molecule has 1 atom stereocenters. The van der Waals surface area contributed by atoms with Crippen LogP contribution in [-0.4, -0.2) is 49.8 Å². The van der Waals surface area contributed by atoms with Crippen molar-refractivity contribution >= 4 is 5.91 Å². The lowest BCUT2D eigenvalue weighted by molar-refractivity contribution is 0.00938. The maximum absolute atomic E-state index is 12.8. The molecule has 2 aliphatic heterocycles. The van der Waals surface area contributed by atoms with Gasteiger partial charge in [-0.05, 0) is 80.5 Å². The van der Waals surface area contributed by atoms with E-state index < -0.39 is 0 Å². The maximum atomic E-state index is 12.8. The molecule has 1 amide bonds. The average Bonchev–Trinajstić information content (AvgIpc) is 3.39. The largest absolute Gasteiger partial charge is 0.378 e. The van der Waals surface area contributed by atoms with Crippen LogP contribution >= 0.6 is 0 Å². The Morgan fingerprint density at radius 1 is 1.19 bits per heavy atom. The first-order valence-corrected chi connectivity index (χ1v) is 10.1. The lowest BCUT2D eigenvalue weighted by Gasteiger charge is -2.38. The molecule has 3 fully saturated rings. The summed E-state index contributed by atoms with van der Waals surface area (Å²) in [6.45, 7) is 8.30. The molecule has 1 aromatic rings. The Labute approximate surface area is 156 Å². The van der Waals surface area contributed by atoms with Crippen molar-refractivity contribution in [1.82, 2.24) is 4.90 Å². The van der Waals surface area contributed by atoms with Crippen LogP contribution < -0.4 is 0 Å². The van der Waals surface area contributed by atoms with Crippen LogP contribution in [0.1, 0.15) is 53.6 Å². The summed E-state index contributed by atoms with van der Waals surface area (Å²) in [7, 11) is 0. The van der Waals surface area contributed by atoms with E-state index in [2.05, 4.69) is 13.8 Å². The summed E-state index contributed by atoms with van der Waals surface area (Å²) < 4.78 is 11.9. The summed E-state index contributed by atoms with van der Waals surface area (Å²) in [5.41, 5.74) is 3.49. The third-order valence-electron chi connectivity index (χ3n) is 6.51. The van der Waals surface area contributed by atoms with E-state index in [1.54, 1.807) is 0 Å². The quantitative estimate of drug-likeness (QED) is 0.806. The van der Waals surface area contributed by atoms with Crippen LogP contribution in [0.3, 0.4) is 0 Å². The van der Waals surface area contributed by atoms with Crippen LogP contribution in [0.2, 0.25) is 0 Å². The van der Waals surface area contributed by atoms with E-state index in [1.807, 2.05) is 23.1 Å². The van der Waals surface area contributed by atoms with Crippen molar-refractivity contribution in [3.05, 3.63) is 34.9 Å². The van der Waals surface area contributed by atoms with Crippen molar-refractivity contribution in [3.8, 4) is 0 Å². The minimum atomic E-state index is 0.172. The zero-order chi connectivity index (χ0) is 18.1. The van der Waals surface area contributed by atoms with Crippen molar-refractivity contribution < 1.29 is 14.3 Å². The van der Waals surface area contributed by atoms with Crippen LogP contribution in [0.5, 0.6) is 0 Å². The Hall–Kier alpha value is -1.39. The van der Waals surface area contributed by atoms with Gasteiger partial charge in [-0.1, -0.05) is 6.07 Å². The molecule has 26 heavy (non-hydrogen) atoms. The molecule has 0 unspecified atom stereocenters. The highest BCUT2D eigenvalue weighted by Crippen LogP contribution is 2.42. The number of rotatable bonds is 5. The molecule has 0 bridgehead atoms. The molecular weight excluding hydrogens is 326 g/mol. The lowest BCUT2D eigenvalue weighted by atomic mass is 9.76. The van der Waals surface area contributed by atoms with Crippen molar-refractivity contribution in [3.63, 3.8) is 0 Å². The van der Waals surface area contributed by atoms with Gasteiger partial charge in [-0.2, -0.15) is 0 Å². The molecule has 1 aromatic carbocycles. The number of nitrogens with zero attached hydrogens (tertiary/aromatic N) is 1. The molecule has 1 spiro atoms. The van der Waals surface area contributed by atoms with Crippen molar-refractivity contribution in [2.45, 2.75) is 52.1 Å². The third kappa shape index (κ3) is 3.96. The van der Waals surface area contributed by atoms with Gasteiger partial charge in [-0.25, -0.2) is 0 Å². The highest BCUT2D eigenvalue weighted by molar-refractivity contribution is 5.94. The monoisotopic (exact) mass is 357 g/mol. The normalized spacial score (nSPS) is 25.0. The van der Waals surface area contributed by atoms with Crippen LogP contribution in [0.15, 0.2) is 18.2 Å². The van der Waals surface area contributed by atoms with Gasteiger partial charge in [0.05, 0.1) is 19.3 Å². The number of ether oxygens (including phenoxy) is 2. The summed E-state index contributed by atoms with van der Waals surface area (Å²) in [5, 5.41) is 0. The van der Waals surface area contributed by atoms with Gasteiger partial charge >= 0.3 is 0 Å². The Morgan fingerprint density at radius 3 is 2.65 bits per heavy atom. The Morgan fingerprint density at radius 2 is 1.96 bits per heavy atom. The van der Waals surface area contributed by atoms with E-state index in [0.717, 1.165) is 63.7 Å². The molecule has 4 rings (SSSR count). The van der Waals surface area contributed by atoms with Crippen LogP contribution in [0.4, 0.5) is 0 Å². The minimum absolute atomic E-state index is 0.172. The predicted molar refractivity (Wildman–Crippen MR) is 101 cm³/mol. The highest BCUT2D eigenvalue weighted by Gasteiger charge is 2.43. The van der Waals surface area contributed by atoms with Gasteiger partial charge in [-0.3, -0.25) is 4.79 Å². The van der Waals surface area contributed by atoms with Gasteiger partial charge in [0.15, 0.2) is 0 Å². The van der Waals surface area contributed by atoms with Crippen LogP contribution in [0.25, 0.3) is 0 Å². The smallest absolute Gasteiger partial charge is 0.253 e. The molecule has 4 heteroatoms. The van der Waals surface area contributed by atoms with E-state index in [9.17, 15) is 4.79 Å². The van der Waals surface area contributed by atoms with E-state index in [0.29, 0.717) is 0 Å². The van der Waals surface area contributed by atoms with Crippen molar-refractivity contribution in [1.29, 1.82) is 0 Å². The Balaban J connectivity index is 1.28. The third-order valence-corrected chi connectivity index (χ3v) is 6.51. The Bertz CT molecular complexity index is 659. The lowest BCUT2D eigenvalue weighted by Crippen LogP contribution is -2.43. The van der Waals surface area contributed by atoms with Crippen LogP contribution in [0, 0.1) is 25.2 Å². The van der Waals surface area contributed by atoms with E-state index >= 15 is 0 Å². The first-order chi connectivity index (χ1) is 12.5. The highest BCUT2D eigenvalue weighted by atomic mass is 16.5. The Kier molecular flexibility index (Phi) is 5.07. The molecule has 2 heterocycles. The fourth-order valence-electron chi connectivity index (χ4n) is 4.24. The maximum Gasteiger partial charge on any atom is 0.253 e. The second-order valence-corrected chi connectivity index (χ2v) is 8.71. The number of piperidine rings is 1. The topological polar surface area (TPSA) is 38.8 Å². The molecule has 0 radical (unpaired) electrons. The van der Waals surface area contributed by atoms with E-state index in [-0.39, 0.29) is 17.4 Å². The first kappa shape index (κ1) is 18.0. The molecule has 3 aliphatic rings. The number of carbonyl (C=O) groups is 1. The van der Waals surface area contributed by atoms with Gasteiger partial charge in [0.1, 0.15) is 0 Å². The predicted octanol–water partition coefficient (Wildman–Crippen LogP) is 3.74. The number of hydrogen-bond acceptors (Lipinski definition) is 3. The zero-order valence-corrected chi connectivity index (χ0v) is 16.1. The summed E-state index contributed by atoms with van der Waals surface area (Å²) in [5.74, 6) is 0.983. The molecular formula is C22H31NO3. The standard InChI is InChI=1S/C22H31NO3/c1-16-3-6-19(11-17(16)2)21(24)23-9-7-22(8-10-23)12-20(26-15-22)14-25-13-18-4-5-18/h3,6,11,18,20H,4-5,7-10,12-15H2,1-2H3/t20-/m1/s1. The molecule has 2 saturated heterocycles.